The van der Waals surface area contributed by atoms with Crippen molar-refractivity contribution in [2.75, 3.05) is 0 Å². The second-order valence-corrected chi connectivity index (χ2v) is 4.66. The Bertz CT molecular complexity index is 849. The average Bonchev–Trinajstić information content (AvgIpc) is 2.46. The standard InChI is InChI=1S/C16H11NO2/c18-14-9-16-17(13-7-3-2-6-12(13)14)10-11-5-1-4-8-15(11)19-16/h1-9H,10H2. The van der Waals surface area contributed by atoms with Crippen LogP contribution in [0.15, 0.2) is 59.4 Å². The van der Waals surface area contributed by atoms with Crippen molar-refractivity contribution in [3.8, 4) is 11.6 Å². The molecule has 0 saturated heterocycles. The van der Waals surface area contributed by atoms with Gasteiger partial charge in [-0.05, 0) is 18.2 Å². The first-order valence-corrected chi connectivity index (χ1v) is 6.21. The summed E-state index contributed by atoms with van der Waals surface area (Å²) in [5.74, 6) is 1.44. The minimum Gasteiger partial charge on any atom is -0.440 e. The van der Waals surface area contributed by atoms with E-state index in [9.17, 15) is 4.79 Å². The van der Waals surface area contributed by atoms with E-state index in [0.29, 0.717) is 5.88 Å². The van der Waals surface area contributed by atoms with Crippen molar-refractivity contribution in [2.45, 2.75) is 6.54 Å². The summed E-state index contributed by atoms with van der Waals surface area (Å²) in [5.41, 5.74) is 2.05. The molecule has 0 saturated carbocycles. The molecular weight excluding hydrogens is 238 g/mol. The molecule has 0 amide bonds. The van der Waals surface area contributed by atoms with Crippen molar-refractivity contribution >= 4 is 10.9 Å². The fourth-order valence-corrected chi connectivity index (χ4v) is 2.57. The Hall–Kier alpha value is -2.55. The SMILES string of the molecule is O=c1cc2n(c3ccccc13)Cc1ccccc1O2. The van der Waals surface area contributed by atoms with Crippen molar-refractivity contribution < 1.29 is 4.74 Å². The highest BCUT2D eigenvalue weighted by Crippen LogP contribution is 2.33. The third kappa shape index (κ3) is 1.48. The number of pyridine rings is 1. The summed E-state index contributed by atoms with van der Waals surface area (Å²) in [6, 6.07) is 17.1. The molecule has 0 unspecified atom stereocenters. The van der Waals surface area contributed by atoms with E-state index < -0.39 is 0 Å². The van der Waals surface area contributed by atoms with Gasteiger partial charge in [-0.3, -0.25) is 4.79 Å². The molecule has 2 aromatic carbocycles. The Morgan fingerprint density at radius 2 is 1.79 bits per heavy atom. The number of rotatable bonds is 0. The molecule has 0 aliphatic carbocycles. The fraction of sp³-hybridized carbons (Fsp3) is 0.0625. The predicted octanol–water partition coefficient (Wildman–Crippen LogP) is 3.16. The maximum atomic E-state index is 12.1. The monoisotopic (exact) mass is 249 g/mol. The molecular formula is C16H11NO2. The van der Waals surface area contributed by atoms with Crippen molar-refractivity contribution in [2.24, 2.45) is 0 Å². The van der Waals surface area contributed by atoms with Gasteiger partial charge in [0.2, 0.25) is 5.88 Å². The van der Waals surface area contributed by atoms with Gasteiger partial charge in [-0.2, -0.15) is 0 Å². The summed E-state index contributed by atoms with van der Waals surface area (Å²) < 4.78 is 7.87. The normalized spacial score (nSPS) is 12.6. The van der Waals surface area contributed by atoms with Gasteiger partial charge in [0.15, 0.2) is 5.43 Å². The Morgan fingerprint density at radius 1 is 1.00 bits per heavy atom. The molecule has 2 heterocycles. The zero-order valence-electron chi connectivity index (χ0n) is 10.2. The highest BCUT2D eigenvalue weighted by molar-refractivity contribution is 5.80. The molecule has 3 heteroatoms. The number of para-hydroxylation sites is 2. The van der Waals surface area contributed by atoms with E-state index >= 15 is 0 Å². The fourth-order valence-electron chi connectivity index (χ4n) is 2.57. The molecule has 0 radical (unpaired) electrons. The number of benzene rings is 2. The van der Waals surface area contributed by atoms with Gasteiger partial charge in [-0.1, -0.05) is 30.3 Å². The van der Waals surface area contributed by atoms with Crippen molar-refractivity contribution in [1.29, 1.82) is 0 Å². The quantitative estimate of drug-likeness (QED) is 0.479. The lowest BCUT2D eigenvalue weighted by Crippen LogP contribution is -2.16. The van der Waals surface area contributed by atoms with Crippen LogP contribution in [0.1, 0.15) is 5.56 Å². The third-order valence-electron chi connectivity index (χ3n) is 3.50. The van der Waals surface area contributed by atoms with Gasteiger partial charge < -0.3 is 9.30 Å². The third-order valence-corrected chi connectivity index (χ3v) is 3.50. The summed E-state index contributed by atoms with van der Waals surface area (Å²) in [7, 11) is 0. The maximum Gasteiger partial charge on any atom is 0.204 e. The highest BCUT2D eigenvalue weighted by atomic mass is 16.5. The van der Waals surface area contributed by atoms with Gasteiger partial charge >= 0.3 is 0 Å². The summed E-state index contributed by atoms with van der Waals surface area (Å²) >= 11 is 0. The van der Waals surface area contributed by atoms with Crippen molar-refractivity contribution in [3.05, 3.63) is 70.4 Å². The van der Waals surface area contributed by atoms with Crippen LogP contribution in [-0.4, -0.2) is 4.57 Å². The van der Waals surface area contributed by atoms with Crippen molar-refractivity contribution in [3.63, 3.8) is 0 Å². The molecule has 92 valence electrons. The van der Waals surface area contributed by atoms with E-state index in [4.69, 9.17) is 4.74 Å². The number of hydrogen-bond acceptors (Lipinski definition) is 2. The lowest BCUT2D eigenvalue weighted by molar-refractivity contribution is 0.406. The molecule has 0 fully saturated rings. The van der Waals surface area contributed by atoms with E-state index in [1.807, 2.05) is 53.1 Å². The van der Waals surface area contributed by atoms with Crippen LogP contribution in [0.4, 0.5) is 0 Å². The number of hydrogen-bond donors (Lipinski definition) is 0. The Kier molecular flexibility index (Phi) is 2.03. The summed E-state index contributed by atoms with van der Waals surface area (Å²) in [6.07, 6.45) is 0. The second-order valence-electron chi connectivity index (χ2n) is 4.66. The molecule has 19 heavy (non-hydrogen) atoms. The van der Waals surface area contributed by atoms with E-state index in [1.165, 1.54) is 0 Å². The summed E-state index contributed by atoms with van der Waals surface area (Å²) in [5, 5.41) is 0.731. The molecule has 1 aliphatic rings. The Morgan fingerprint density at radius 3 is 2.74 bits per heavy atom. The average molecular weight is 249 g/mol. The molecule has 0 atom stereocenters. The molecule has 0 N–H and O–H groups in total. The van der Waals surface area contributed by atoms with Gasteiger partial charge in [0.1, 0.15) is 5.75 Å². The highest BCUT2D eigenvalue weighted by Gasteiger charge is 2.18. The van der Waals surface area contributed by atoms with Crippen molar-refractivity contribution in [1.82, 2.24) is 4.57 Å². The lowest BCUT2D eigenvalue weighted by atomic mass is 10.1. The minimum atomic E-state index is 0.00114. The van der Waals surface area contributed by atoms with E-state index in [0.717, 1.165) is 28.8 Å². The minimum absolute atomic E-state index is 0.00114. The number of ether oxygens (including phenoxy) is 1. The van der Waals surface area contributed by atoms with Crippen LogP contribution in [0.25, 0.3) is 10.9 Å². The van der Waals surface area contributed by atoms with Crippen LogP contribution in [0, 0.1) is 0 Å². The zero-order valence-corrected chi connectivity index (χ0v) is 10.2. The number of nitrogens with zero attached hydrogens (tertiary/aromatic N) is 1. The van der Waals surface area contributed by atoms with Gasteiger partial charge in [0.05, 0.1) is 12.1 Å². The van der Waals surface area contributed by atoms with Crippen LogP contribution >= 0.6 is 0 Å². The molecule has 1 aromatic heterocycles. The molecule has 3 nitrogen and oxygen atoms in total. The van der Waals surface area contributed by atoms with E-state index in [-0.39, 0.29) is 5.43 Å². The Labute approximate surface area is 109 Å². The first-order valence-electron chi connectivity index (χ1n) is 6.21. The van der Waals surface area contributed by atoms with Crippen LogP contribution in [0.2, 0.25) is 0 Å². The van der Waals surface area contributed by atoms with Crippen LogP contribution in [-0.2, 0) is 6.54 Å². The van der Waals surface area contributed by atoms with E-state index in [1.54, 1.807) is 6.07 Å². The lowest BCUT2D eigenvalue weighted by Gasteiger charge is -2.23. The molecule has 0 spiro atoms. The smallest absolute Gasteiger partial charge is 0.204 e. The molecule has 3 aromatic rings. The van der Waals surface area contributed by atoms with Gasteiger partial charge in [-0.15, -0.1) is 0 Å². The first kappa shape index (κ1) is 10.4. The van der Waals surface area contributed by atoms with Gasteiger partial charge in [0, 0.05) is 17.0 Å². The Balaban J connectivity index is 2.04. The second kappa shape index (κ2) is 3.72. The largest absolute Gasteiger partial charge is 0.440 e. The van der Waals surface area contributed by atoms with Gasteiger partial charge in [0.25, 0.3) is 0 Å². The molecule has 0 bridgehead atoms. The molecule has 4 rings (SSSR count). The summed E-state index contributed by atoms with van der Waals surface area (Å²) in [4.78, 5) is 12.1. The zero-order chi connectivity index (χ0) is 12.8. The predicted molar refractivity (Wildman–Crippen MR) is 73.8 cm³/mol. The van der Waals surface area contributed by atoms with Crippen LogP contribution in [0.5, 0.6) is 11.6 Å². The summed E-state index contributed by atoms with van der Waals surface area (Å²) in [6.45, 7) is 0.728. The van der Waals surface area contributed by atoms with E-state index in [2.05, 4.69) is 0 Å². The van der Waals surface area contributed by atoms with Crippen LogP contribution < -0.4 is 10.2 Å². The maximum absolute atomic E-state index is 12.1. The molecule has 1 aliphatic heterocycles. The van der Waals surface area contributed by atoms with Gasteiger partial charge in [-0.25, -0.2) is 0 Å². The topological polar surface area (TPSA) is 31.2 Å². The number of fused-ring (bicyclic) bond motifs is 4. The number of aromatic nitrogens is 1. The first-order chi connectivity index (χ1) is 9.33. The van der Waals surface area contributed by atoms with Crippen LogP contribution in [0.3, 0.4) is 0 Å².